The van der Waals surface area contributed by atoms with Crippen molar-refractivity contribution in [3.05, 3.63) is 16.1 Å². The summed E-state index contributed by atoms with van der Waals surface area (Å²) in [5.41, 5.74) is 1.10. The maximum absolute atomic E-state index is 11.9. The Morgan fingerprint density at radius 1 is 1.48 bits per heavy atom. The molecule has 2 amide bonds. The molecule has 3 aliphatic rings. The number of aryl methyl sites for hydroxylation is 1. The quantitative estimate of drug-likeness (QED) is 0.565. The molecule has 0 unspecified atom stereocenters. The molecular weight excluding hydrogens is 396 g/mol. The molecule has 10 heteroatoms. The molecule has 1 aromatic heterocycles. The van der Waals surface area contributed by atoms with E-state index in [0.29, 0.717) is 18.4 Å². The first kappa shape index (κ1) is 21.7. The third kappa shape index (κ3) is 4.93. The van der Waals surface area contributed by atoms with Gasteiger partial charge in [-0.25, -0.2) is 4.98 Å². The molecule has 4 atom stereocenters. The third-order valence-electron chi connectivity index (χ3n) is 5.94. The number of fused-ring (bicyclic) bond motifs is 1. The molecule has 0 aromatic carbocycles. The van der Waals surface area contributed by atoms with E-state index in [1.54, 1.807) is 11.3 Å². The predicted molar refractivity (Wildman–Crippen MR) is 106 cm³/mol. The zero-order valence-corrected chi connectivity index (χ0v) is 17.5. The van der Waals surface area contributed by atoms with Gasteiger partial charge in [-0.05, 0) is 19.8 Å². The Labute approximate surface area is 173 Å². The van der Waals surface area contributed by atoms with E-state index in [1.165, 1.54) is 6.92 Å². The minimum absolute atomic E-state index is 0.0389. The molecule has 0 aliphatic carbocycles. The second kappa shape index (κ2) is 9.19. The average molecular weight is 425 g/mol. The van der Waals surface area contributed by atoms with Crippen molar-refractivity contribution >= 4 is 29.6 Å². The smallest absolute Gasteiger partial charge is 0.290 e. The van der Waals surface area contributed by atoms with Gasteiger partial charge in [0.1, 0.15) is 0 Å². The fraction of sp³-hybridized carbons (Fsp3) is 0.684. The van der Waals surface area contributed by atoms with E-state index in [2.05, 4.69) is 25.9 Å². The molecule has 0 radical (unpaired) electrons. The SMILES string of the molecule is CC(=O)NCC(=O)NC[C@H]1[C@H]2CN(Cc3csc(C)n3)C[C@]23CC[C@H]1O3.O=CO. The molecular formula is C19H28N4O5S. The first-order valence-electron chi connectivity index (χ1n) is 9.77. The number of thiazole rings is 1. The Morgan fingerprint density at radius 3 is 2.90 bits per heavy atom. The number of aromatic nitrogens is 1. The minimum atomic E-state index is -0.250. The van der Waals surface area contributed by atoms with E-state index in [4.69, 9.17) is 14.6 Å². The summed E-state index contributed by atoms with van der Waals surface area (Å²) in [4.78, 5) is 38.2. The van der Waals surface area contributed by atoms with Gasteiger partial charge < -0.3 is 20.5 Å². The number of hydrogen-bond acceptors (Lipinski definition) is 7. The number of nitrogens with zero attached hydrogens (tertiary/aromatic N) is 2. The van der Waals surface area contributed by atoms with Crippen molar-refractivity contribution in [2.75, 3.05) is 26.2 Å². The van der Waals surface area contributed by atoms with Crippen molar-refractivity contribution in [3.63, 3.8) is 0 Å². The molecule has 4 rings (SSSR count). The van der Waals surface area contributed by atoms with Crippen LogP contribution in [0.1, 0.15) is 30.5 Å². The zero-order valence-electron chi connectivity index (χ0n) is 16.7. The molecule has 29 heavy (non-hydrogen) atoms. The monoisotopic (exact) mass is 424 g/mol. The van der Waals surface area contributed by atoms with Crippen LogP contribution in [0.15, 0.2) is 5.38 Å². The summed E-state index contributed by atoms with van der Waals surface area (Å²) < 4.78 is 6.42. The molecule has 4 heterocycles. The molecule has 160 valence electrons. The predicted octanol–water partition coefficient (Wildman–Crippen LogP) is 0.384. The molecule has 0 saturated carbocycles. The Morgan fingerprint density at radius 2 is 2.24 bits per heavy atom. The highest BCUT2D eigenvalue weighted by molar-refractivity contribution is 7.09. The summed E-state index contributed by atoms with van der Waals surface area (Å²) in [5, 5.41) is 15.7. The van der Waals surface area contributed by atoms with Crippen molar-refractivity contribution in [1.29, 1.82) is 0 Å². The number of likely N-dealkylation sites (tertiary alicyclic amines) is 1. The molecule has 2 bridgehead atoms. The lowest BCUT2D eigenvalue weighted by Gasteiger charge is -2.29. The Balaban J connectivity index is 0.000000755. The van der Waals surface area contributed by atoms with Crippen LogP contribution in [0.4, 0.5) is 0 Å². The van der Waals surface area contributed by atoms with Crippen LogP contribution in [0.5, 0.6) is 0 Å². The van der Waals surface area contributed by atoms with Gasteiger partial charge in [-0.15, -0.1) is 11.3 Å². The maximum atomic E-state index is 11.9. The number of carbonyl (C=O) groups excluding carboxylic acids is 2. The highest BCUT2D eigenvalue weighted by Crippen LogP contribution is 2.54. The standard InChI is InChI=1S/C18H26N4O3S.CH2O2/c1-11(23)19-6-17(24)20-5-14-15-8-22(7-13-9-26-12(2)21-13)10-18(15)4-3-16(14)25-18;2-1-3/h9,14-16H,3-8,10H2,1-2H3,(H,19,23)(H,20,24);1H,(H,2,3)/t14-,15+,16+,18+;/m0./s1. The first-order valence-corrected chi connectivity index (χ1v) is 10.6. The summed E-state index contributed by atoms with van der Waals surface area (Å²) in [6.45, 7) is 6.70. The van der Waals surface area contributed by atoms with E-state index in [9.17, 15) is 9.59 Å². The minimum Gasteiger partial charge on any atom is -0.483 e. The summed E-state index contributed by atoms with van der Waals surface area (Å²) in [6.07, 6.45) is 2.45. The molecule has 3 fully saturated rings. The highest BCUT2D eigenvalue weighted by Gasteiger charge is 2.62. The molecule has 9 nitrogen and oxygen atoms in total. The average Bonchev–Trinajstić information content (AvgIpc) is 3.40. The summed E-state index contributed by atoms with van der Waals surface area (Å²) >= 11 is 1.69. The second-order valence-corrected chi connectivity index (χ2v) is 8.94. The molecule has 3 aliphatic heterocycles. The molecule has 3 saturated heterocycles. The van der Waals surface area contributed by atoms with Gasteiger partial charge in [-0.3, -0.25) is 19.3 Å². The summed E-state index contributed by atoms with van der Waals surface area (Å²) in [6, 6.07) is 0. The maximum Gasteiger partial charge on any atom is 0.290 e. The number of ether oxygens (including phenoxy) is 1. The number of carbonyl (C=O) groups is 3. The summed E-state index contributed by atoms with van der Waals surface area (Å²) in [7, 11) is 0. The zero-order chi connectivity index (χ0) is 21.0. The molecule has 1 spiro atoms. The molecule has 3 N–H and O–H groups in total. The normalized spacial score (nSPS) is 29.7. The van der Waals surface area contributed by atoms with E-state index < -0.39 is 0 Å². The van der Waals surface area contributed by atoms with Crippen LogP contribution < -0.4 is 10.6 Å². The van der Waals surface area contributed by atoms with Crippen molar-refractivity contribution in [1.82, 2.24) is 20.5 Å². The van der Waals surface area contributed by atoms with Crippen LogP contribution >= 0.6 is 11.3 Å². The fourth-order valence-corrected chi connectivity index (χ4v) is 5.49. The van der Waals surface area contributed by atoms with Gasteiger partial charge in [0.15, 0.2) is 0 Å². The van der Waals surface area contributed by atoms with Gasteiger partial charge in [0.05, 0.1) is 29.0 Å². The number of rotatable bonds is 6. The lowest BCUT2D eigenvalue weighted by Crippen LogP contribution is -2.44. The topological polar surface area (TPSA) is 121 Å². The van der Waals surface area contributed by atoms with E-state index in [-0.39, 0.29) is 36.5 Å². The van der Waals surface area contributed by atoms with Gasteiger partial charge in [-0.2, -0.15) is 0 Å². The third-order valence-corrected chi connectivity index (χ3v) is 6.76. The molecule has 1 aromatic rings. The van der Waals surface area contributed by atoms with Crippen LogP contribution in [0.25, 0.3) is 0 Å². The Bertz CT molecular complexity index is 757. The van der Waals surface area contributed by atoms with Crippen molar-refractivity contribution in [3.8, 4) is 0 Å². The van der Waals surface area contributed by atoms with Crippen LogP contribution in [0, 0.1) is 18.8 Å². The number of nitrogens with one attached hydrogen (secondary N) is 2. The lowest BCUT2D eigenvalue weighted by atomic mass is 9.73. The Hall–Kier alpha value is -2.04. The van der Waals surface area contributed by atoms with Crippen LogP contribution in [0.3, 0.4) is 0 Å². The van der Waals surface area contributed by atoms with Crippen molar-refractivity contribution in [2.45, 2.75) is 44.9 Å². The first-order chi connectivity index (χ1) is 13.9. The van der Waals surface area contributed by atoms with Crippen LogP contribution in [-0.2, 0) is 25.7 Å². The number of carboxylic acid groups (broad SMARTS) is 1. The van der Waals surface area contributed by atoms with E-state index in [1.807, 2.05) is 6.92 Å². The van der Waals surface area contributed by atoms with Crippen LogP contribution in [0.2, 0.25) is 0 Å². The van der Waals surface area contributed by atoms with E-state index in [0.717, 1.165) is 43.2 Å². The van der Waals surface area contributed by atoms with Crippen molar-refractivity contribution in [2.24, 2.45) is 11.8 Å². The van der Waals surface area contributed by atoms with E-state index >= 15 is 0 Å². The largest absolute Gasteiger partial charge is 0.483 e. The van der Waals surface area contributed by atoms with Crippen LogP contribution in [-0.4, -0.2) is 71.2 Å². The lowest BCUT2D eigenvalue weighted by molar-refractivity contribution is -0.125. The number of hydrogen-bond donors (Lipinski definition) is 3. The summed E-state index contributed by atoms with van der Waals surface area (Å²) in [5.74, 6) is 0.491. The van der Waals surface area contributed by atoms with Gasteiger partial charge >= 0.3 is 0 Å². The second-order valence-electron chi connectivity index (χ2n) is 7.88. The van der Waals surface area contributed by atoms with Gasteiger partial charge in [-0.1, -0.05) is 0 Å². The fourth-order valence-electron chi connectivity index (χ4n) is 4.89. The van der Waals surface area contributed by atoms with Gasteiger partial charge in [0, 0.05) is 50.3 Å². The van der Waals surface area contributed by atoms with Gasteiger partial charge in [0.25, 0.3) is 6.47 Å². The highest BCUT2D eigenvalue weighted by atomic mass is 32.1. The Kier molecular flexibility index (Phi) is 6.86. The van der Waals surface area contributed by atoms with Crippen molar-refractivity contribution < 1.29 is 24.2 Å². The number of amides is 2. The van der Waals surface area contributed by atoms with Gasteiger partial charge in [0.2, 0.25) is 11.8 Å².